The predicted molar refractivity (Wildman–Crippen MR) is 80.1 cm³/mol. The van der Waals surface area contributed by atoms with Crippen molar-refractivity contribution in [2.45, 2.75) is 19.2 Å². The average molecular weight is 300 g/mol. The molecule has 0 fully saturated rings. The van der Waals surface area contributed by atoms with E-state index in [1.165, 1.54) is 11.1 Å². The van der Waals surface area contributed by atoms with E-state index in [9.17, 15) is 0 Å². The van der Waals surface area contributed by atoms with Crippen molar-refractivity contribution in [3.05, 3.63) is 68.7 Å². The summed E-state index contributed by atoms with van der Waals surface area (Å²) in [7, 11) is 0. The van der Waals surface area contributed by atoms with E-state index in [-0.39, 0.29) is 5.38 Å². The van der Waals surface area contributed by atoms with Crippen molar-refractivity contribution in [2.24, 2.45) is 0 Å². The van der Waals surface area contributed by atoms with Gasteiger partial charge in [-0.05, 0) is 54.3 Å². The van der Waals surface area contributed by atoms with Gasteiger partial charge in [-0.25, -0.2) is 0 Å². The Morgan fingerprint density at radius 3 is 2.39 bits per heavy atom. The molecule has 0 N–H and O–H groups in total. The minimum Gasteiger partial charge on any atom is -0.113 e. The maximum Gasteiger partial charge on any atom is 0.0852 e. The Morgan fingerprint density at radius 2 is 1.67 bits per heavy atom. The Kier molecular flexibility index (Phi) is 4.21. The van der Waals surface area contributed by atoms with Crippen LogP contribution in [0, 0.1) is 13.8 Å². The van der Waals surface area contributed by atoms with Crippen molar-refractivity contribution in [1.82, 2.24) is 0 Å². The Morgan fingerprint density at radius 1 is 0.944 bits per heavy atom. The van der Waals surface area contributed by atoms with Gasteiger partial charge in [0, 0.05) is 10.0 Å². The lowest BCUT2D eigenvalue weighted by Gasteiger charge is -2.16. The summed E-state index contributed by atoms with van der Waals surface area (Å²) in [5.74, 6) is 0. The van der Waals surface area contributed by atoms with Crippen LogP contribution in [0.5, 0.6) is 0 Å². The zero-order valence-electron chi connectivity index (χ0n) is 10.2. The summed E-state index contributed by atoms with van der Waals surface area (Å²) in [5.41, 5.74) is 4.32. The van der Waals surface area contributed by atoms with Crippen molar-refractivity contribution in [3.8, 4) is 0 Å². The second kappa shape index (κ2) is 5.52. The highest BCUT2D eigenvalue weighted by atomic mass is 35.5. The van der Waals surface area contributed by atoms with Crippen LogP contribution in [0.15, 0.2) is 36.4 Å². The number of hydrogen-bond donors (Lipinski definition) is 0. The molecule has 1 atom stereocenters. The summed E-state index contributed by atoms with van der Waals surface area (Å²) < 4.78 is 0. The van der Waals surface area contributed by atoms with E-state index in [1.807, 2.05) is 18.2 Å². The van der Waals surface area contributed by atoms with Crippen LogP contribution in [0.4, 0.5) is 0 Å². The summed E-state index contributed by atoms with van der Waals surface area (Å²) in [6.07, 6.45) is 0. The van der Waals surface area contributed by atoms with Crippen LogP contribution in [0.25, 0.3) is 0 Å². The molecule has 3 heteroatoms. The van der Waals surface area contributed by atoms with Crippen molar-refractivity contribution < 1.29 is 0 Å². The van der Waals surface area contributed by atoms with Gasteiger partial charge in [0.05, 0.1) is 5.38 Å². The predicted octanol–water partition coefficient (Wildman–Crippen LogP) is 5.94. The van der Waals surface area contributed by atoms with E-state index in [0.717, 1.165) is 11.1 Å². The number of halogens is 3. The van der Waals surface area contributed by atoms with Gasteiger partial charge in [-0.1, -0.05) is 41.4 Å². The van der Waals surface area contributed by atoms with E-state index in [0.29, 0.717) is 10.0 Å². The van der Waals surface area contributed by atoms with Gasteiger partial charge in [0.2, 0.25) is 0 Å². The zero-order chi connectivity index (χ0) is 13.3. The van der Waals surface area contributed by atoms with Crippen molar-refractivity contribution >= 4 is 34.8 Å². The molecular formula is C15H13Cl3. The van der Waals surface area contributed by atoms with Crippen molar-refractivity contribution in [2.75, 3.05) is 0 Å². The van der Waals surface area contributed by atoms with Crippen LogP contribution in [0.2, 0.25) is 10.0 Å². The number of hydrogen-bond acceptors (Lipinski definition) is 0. The monoisotopic (exact) mass is 298 g/mol. The first-order valence-electron chi connectivity index (χ1n) is 5.66. The second-order valence-electron chi connectivity index (χ2n) is 4.32. The topological polar surface area (TPSA) is 0 Å². The number of alkyl halides is 1. The normalized spacial score (nSPS) is 12.5. The summed E-state index contributed by atoms with van der Waals surface area (Å²) in [4.78, 5) is 0. The molecule has 18 heavy (non-hydrogen) atoms. The lowest BCUT2D eigenvalue weighted by atomic mass is 9.97. The van der Waals surface area contributed by atoms with Crippen LogP contribution in [-0.4, -0.2) is 0 Å². The third-order valence-electron chi connectivity index (χ3n) is 3.15. The summed E-state index contributed by atoms with van der Waals surface area (Å²) >= 11 is 18.7. The van der Waals surface area contributed by atoms with Crippen LogP contribution >= 0.6 is 34.8 Å². The maximum atomic E-state index is 6.54. The summed E-state index contributed by atoms with van der Waals surface area (Å²) in [6.45, 7) is 4.14. The van der Waals surface area contributed by atoms with E-state index in [2.05, 4.69) is 19.9 Å². The van der Waals surface area contributed by atoms with Gasteiger partial charge in [0.15, 0.2) is 0 Å². The van der Waals surface area contributed by atoms with E-state index in [1.54, 1.807) is 12.1 Å². The molecule has 2 aromatic rings. The molecule has 2 aromatic carbocycles. The highest BCUT2D eigenvalue weighted by Crippen LogP contribution is 2.37. The van der Waals surface area contributed by atoms with Gasteiger partial charge in [0.1, 0.15) is 0 Å². The minimum atomic E-state index is -0.281. The fourth-order valence-electron chi connectivity index (χ4n) is 1.92. The zero-order valence-corrected chi connectivity index (χ0v) is 12.4. The summed E-state index contributed by atoms with van der Waals surface area (Å²) in [5, 5.41) is 1.00. The van der Waals surface area contributed by atoms with Crippen LogP contribution in [0.1, 0.15) is 27.6 Å². The van der Waals surface area contributed by atoms with Gasteiger partial charge >= 0.3 is 0 Å². The third-order valence-corrected chi connectivity index (χ3v) is 4.20. The quantitative estimate of drug-likeness (QED) is 0.602. The molecule has 0 amide bonds. The Labute approximate surface area is 122 Å². The van der Waals surface area contributed by atoms with Crippen LogP contribution < -0.4 is 0 Å². The minimum absolute atomic E-state index is 0.281. The maximum absolute atomic E-state index is 6.54. The number of rotatable bonds is 2. The Balaban J connectivity index is 2.51. The van der Waals surface area contributed by atoms with Gasteiger partial charge in [-0.3, -0.25) is 0 Å². The first kappa shape index (κ1) is 13.7. The second-order valence-corrected chi connectivity index (χ2v) is 5.60. The lowest BCUT2D eigenvalue weighted by Crippen LogP contribution is -1.98. The molecular weight excluding hydrogens is 287 g/mol. The Hall–Kier alpha value is -0.690. The van der Waals surface area contributed by atoms with Gasteiger partial charge < -0.3 is 0 Å². The SMILES string of the molecule is Cc1cccc(C(Cl)c2cc(Cl)ccc2Cl)c1C. The first-order valence-corrected chi connectivity index (χ1v) is 6.85. The molecule has 0 spiro atoms. The molecule has 0 bridgehead atoms. The van der Waals surface area contributed by atoms with E-state index >= 15 is 0 Å². The van der Waals surface area contributed by atoms with Gasteiger partial charge in [-0.15, -0.1) is 11.6 Å². The van der Waals surface area contributed by atoms with Crippen LogP contribution in [0.3, 0.4) is 0 Å². The lowest BCUT2D eigenvalue weighted by molar-refractivity contribution is 1.10. The Bertz CT molecular complexity index is 574. The molecule has 0 saturated heterocycles. The van der Waals surface area contributed by atoms with Crippen LogP contribution in [-0.2, 0) is 0 Å². The largest absolute Gasteiger partial charge is 0.113 e. The molecule has 0 aliphatic rings. The smallest absolute Gasteiger partial charge is 0.0852 e. The fraction of sp³-hybridized carbons (Fsp3) is 0.200. The highest BCUT2D eigenvalue weighted by molar-refractivity contribution is 6.35. The first-order chi connectivity index (χ1) is 8.50. The van der Waals surface area contributed by atoms with Crippen molar-refractivity contribution in [1.29, 1.82) is 0 Å². The number of benzene rings is 2. The molecule has 0 aromatic heterocycles. The summed E-state index contributed by atoms with van der Waals surface area (Å²) in [6, 6.07) is 11.5. The van der Waals surface area contributed by atoms with E-state index < -0.39 is 0 Å². The molecule has 0 radical (unpaired) electrons. The molecule has 0 saturated carbocycles. The average Bonchev–Trinajstić information content (AvgIpc) is 2.35. The molecule has 0 aliphatic carbocycles. The van der Waals surface area contributed by atoms with Crippen molar-refractivity contribution in [3.63, 3.8) is 0 Å². The molecule has 0 aliphatic heterocycles. The molecule has 2 rings (SSSR count). The molecule has 0 nitrogen and oxygen atoms in total. The van der Waals surface area contributed by atoms with E-state index in [4.69, 9.17) is 34.8 Å². The fourth-order valence-corrected chi connectivity index (χ4v) is 2.80. The highest BCUT2D eigenvalue weighted by Gasteiger charge is 2.17. The molecule has 1 unspecified atom stereocenters. The third kappa shape index (κ3) is 2.66. The molecule has 0 heterocycles. The number of aryl methyl sites for hydroxylation is 1. The van der Waals surface area contributed by atoms with Gasteiger partial charge in [0.25, 0.3) is 0 Å². The molecule has 94 valence electrons. The van der Waals surface area contributed by atoms with Gasteiger partial charge in [-0.2, -0.15) is 0 Å². The standard InChI is InChI=1S/C15H13Cl3/c1-9-4-3-5-12(10(9)2)15(18)13-8-11(16)6-7-14(13)17/h3-8,15H,1-2H3.